The summed E-state index contributed by atoms with van der Waals surface area (Å²) < 4.78 is 5.66. The van der Waals surface area contributed by atoms with Crippen LogP contribution in [0.4, 0.5) is 0 Å². The summed E-state index contributed by atoms with van der Waals surface area (Å²) in [6.07, 6.45) is 2.82. The van der Waals surface area contributed by atoms with Crippen LogP contribution in [0.2, 0.25) is 0 Å². The van der Waals surface area contributed by atoms with E-state index in [-0.39, 0.29) is 11.4 Å². The van der Waals surface area contributed by atoms with Crippen molar-refractivity contribution in [2.45, 2.75) is 66.4 Å². The van der Waals surface area contributed by atoms with E-state index in [1.165, 1.54) is 0 Å². The summed E-state index contributed by atoms with van der Waals surface area (Å²) in [6, 6.07) is 0. The molecule has 0 spiro atoms. The second kappa shape index (κ2) is 5.51. The van der Waals surface area contributed by atoms with Gasteiger partial charge in [0.15, 0.2) is 0 Å². The number of hydrogen-bond donors (Lipinski definition) is 0. The first kappa shape index (κ1) is 15.2. The SMILES string of the molecule is C=C(C)C(=O)OC(C)(CC)C(C)(CC)CC. The van der Waals surface area contributed by atoms with Crippen LogP contribution in [0.15, 0.2) is 12.2 Å². The minimum atomic E-state index is -0.410. The largest absolute Gasteiger partial charge is 0.455 e. The van der Waals surface area contributed by atoms with Crippen molar-refractivity contribution in [3.05, 3.63) is 12.2 Å². The second-order valence-corrected chi connectivity index (χ2v) is 5.02. The van der Waals surface area contributed by atoms with Gasteiger partial charge in [0.1, 0.15) is 5.60 Å². The van der Waals surface area contributed by atoms with Crippen LogP contribution in [0.5, 0.6) is 0 Å². The highest BCUT2D eigenvalue weighted by atomic mass is 16.6. The lowest BCUT2D eigenvalue weighted by atomic mass is 9.69. The first-order valence-electron chi connectivity index (χ1n) is 6.15. The van der Waals surface area contributed by atoms with Gasteiger partial charge in [0.25, 0.3) is 0 Å². The third-order valence-corrected chi connectivity index (χ3v) is 4.18. The molecule has 0 fully saturated rings. The molecule has 0 aliphatic heterocycles. The van der Waals surface area contributed by atoms with Gasteiger partial charge in [-0.2, -0.15) is 0 Å². The van der Waals surface area contributed by atoms with Gasteiger partial charge in [-0.15, -0.1) is 0 Å². The number of rotatable bonds is 6. The molecule has 0 N–H and O–H groups in total. The Hall–Kier alpha value is -0.790. The van der Waals surface area contributed by atoms with Gasteiger partial charge in [-0.1, -0.05) is 34.3 Å². The van der Waals surface area contributed by atoms with E-state index in [4.69, 9.17) is 4.74 Å². The summed E-state index contributed by atoms with van der Waals surface area (Å²) in [5.74, 6) is -0.280. The third kappa shape index (κ3) is 2.87. The molecule has 0 amide bonds. The van der Waals surface area contributed by atoms with Gasteiger partial charge < -0.3 is 4.74 Å². The van der Waals surface area contributed by atoms with Gasteiger partial charge in [0.05, 0.1) is 0 Å². The predicted octanol–water partition coefficient (Wildman–Crippen LogP) is 4.10. The minimum Gasteiger partial charge on any atom is -0.455 e. The zero-order valence-electron chi connectivity index (χ0n) is 11.6. The first-order valence-corrected chi connectivity index (χ1v) is 6.15. The van der Waals surface area contributed by atoms with Crippen molar-refractivity contribution in [1.29, 1.82) is 0 Å². The Morgan fingerprint density at radius 1 is 1.12 bits per heavy atom. The smallest absolute Gasteiger partial charge is 0.333 e. The Kier molecular flexibility index (Phi) is 5.24. The summed E-state index contributed by atoms with van der Waals surface area (Å²) in [5.41, 5.74) is 0.0774. The summed E-state index contributed by atoms with van der Waals surface area (Å²) >= 11 is 0. The summed E-state index contributed by atoms with van der Waals surface area (Å²) in [6.45, 7) is 15.9. The van der Waals surface area contributed by atoms with Crippen LogP contribution >= 0.6 is 0 Å². The molecule has 16 heavy (non-hydrogen) atoms. The summed E-state index contributed by atoms with van der Waals surface area (Å²) in [5, 5.41) is 0. The molecule has 0 rings (SSSR count). The standard InChI is InChI=1S/C14H26O2/c1-8-13(6,9-2)14(7,10-3)16-12(15)11(4)5/h4,8-10H2,1-3,5-7H3. The third-order valence-electron chi connectivity index (χ3n) is 4.18. The maximum absolute atomic E-state index is 11.7. The van der Waals surface area contributed by atoms with Gasteiger partial charge in [0.2, 0.25) is 0 Å². The number of esters is 1. The van der Waals surface area contributed by atoms with Crippen molar-refractivity contribution in [3.63, 3.8) is 0 Å². The molecule has 0 aliphatic carbocycles. The molecule has 0 aromatic carbocycles. The maximum atomic E-state index is 11.7. The molecule has 0 bridgehead atoms. The Morgan fingerprint density at radius 3 is 1.81 bits per heavy atom. The van der Waals surface area contributed by atoms with E-state index in [2.05, 4.69) is 34.3 Å². The van der Waals surface area contributed by atoms with E-state index >= 15 is 0 Å². The van der Waals surface area contributed by atoms with Crippen LogP contribution < -0.4 is 0 Å². The van der Waals surface area contributed by atoms with Crippen molar-refractivity contribution in [1.82, 2.24) is 0 Å². The van der Waals surface area contributed by atoms with Crippen LogP contribution in [0.1, 0.15) is 60.8 Å². The summed E-state index contributed by atoms with van der Waals surface area (Å²) in [7, 11) is 0. The lowest BCUT2D eigenvalue weighted by Gasteiger charge is -2.44. The highest BCUT2D eigenvalue weighted by molar-refractivity contribution is 5.87. The van der Waals surface area contributed by atoms with E-state index < -0.39 is 5.60 Å². The van der Waals surface area contributed by atoms with Crippen molar-refractivity contribution in [2.24, 2.45) is 5.41 Å². The quantitative estimate of drug-likeness (QED) is 0.503. The molecule has 1 unspecified atom stereocenters. The van der Waals surface area contributed by atoms with E-state index in [1.807, 2.05) is 6.92 Å². The zero-order chi connectivity index (χ0) is 13.0. The Balaban J connectivity index is 5.04. The monoisotopic (exact) mass is 226 g/mol. The number of hydrogen-bond acceptors (Lipinski definition) is 2. The van der Waals surface area contributed by atoms with Crippen LogP contribution in [-0.4, -0.2) is 11.6 Å². The average molecular weight is 226 g/mol. The number of carbonyl (C=O) groups excluding carboxylic acids is 1. The fraction of sp³-hybridized carbons (Fsp3) is 0.786. The molecular weight excluding hydrogens is 200 g/mol. The van der Waals surface area contributed by atoms with Gasteiger partial charge in [-0.3, -0.25) is 0 Å². The molecule has 0 saturated heterocycles. The lowest BCUT2D eigenvalue weighted by molar-refractivity contribution is -0.170. The van der Waals surface area contributed by atoms with Crippen LogP contribution in [0.3, 0.4) is 0 Å². The molecule has 0 aliphatic rings. The van der Waals surface area contributed by atoms with Gasteiger partial charge in [-0.05, 0) is 33.1 Å². The van der Waals surface area contributed by atoms with Crippen molar-refractivity contribution in [3.8, 4) is 0 Å². The van der Waals surface area contributed by atoms with Crippen molar-refractivity contribution >= 4 is 5.97 Å². The minimum absolute atomic E-state index is 0.0207. The Bertz CT molecular complexity index is 264. The van der Waals surface area contributed by atoms with Gasteiger partial charge >= 0.3 is 5.97 Å². The zero-order valence-corrected chi connectivity index (χ0v) is 11.6. The highest BCUT2D eigenvalue weighted by Gasteiger charge is 2.43. The topological polar surface area (TPSA) is 26.3 Å². The molecule has 94 valence electrons. The molecule has 0 heterocycles. The molecule has 1 atom stereocenters. The maximum Gasteiger partial charge on any atom is 0.333 e. The lowest BCUT2D eigenvalue weighted by Crippen LogP contribution is -2.46. The summed E-state index contributed by atoms with van der Waals surface area (Å²) in [4.78, 5) is 11.7. The molecule has 2 nitrogen and oxygen atoms in total. The van der Waals surface area contributed by atoms with E-state index in [1.54, 1.807) is 6.92 Å². The van der Waals surface area contributed by atoms with Crippen molar-refractivity contribution < 1.29 is 9.53 Å². The first-order chi connectivity index (χ1) is 7.26. The Labute approximate surface area is 100 Å². The van der Waals surface area contributed by atoms with Crippen LogP contribution in [0.25, 0.3) is 0 Å². The molecule has 0 radical (unpaired) electrons. The van der Waals surface area contributed by atoms with Gasteiger partial charge in [0, 0.05) is 11.0 Å². The predicted molar refractivity (Wildman–Crippen MR) is 68.3 cm³/mol. The van der Waals surface area contributed by atoms with Crippen LogP contribution in [0, 0.1) is 5.41 Å². The number of ether oxygens (including phenoxy) is 1. The van der Waals surface area contributed by atoms with Crippen molar-refractivity contribution in [2.75, 3.05) is 0 Å². The molecule has 0 aromatic heterocycles. The van der Waals surface area contributed by atoms with E-state index in [0.717, 1.165) is 19.3 Å². The normalized spacial score (nSPS) is 15.4. The second-order valence-electron chi connectivity index (χ2n) is 5.02. The molecule has 0 aromatic rings. The fourth-order valence-corrected chi connectivity index (χ4v) is 1.91. The molecule has 2 heteroatoms. The molecular formula is C14H26O2. The van der Waals surface area contributed by atoms with Crippen LogP contribution in [-0.2, 0) is 9.53 Å². The average Bonchev–Trinajstić information content (AvgIpc) is 2.27. The van der Waals surface area contributed by atoms with E-state index in [9.17, 15) is 4.79 Å². The van der Waals surface area contributed by atoms with E-state index in [0.29, 0.717) is 5.57 Å². The van der Waals surface area contributed by atoms with Gasteiger partial charge in [-0.25, -0.2) is 4.79 Å². The molecule has 0 saturated carbocycles. The fourth-order valence-electron chi connectivity index (χ4n) is 1.91. The highest BCUT2D eigenvalue weighted by Crippen LogP contribution is 2.43. The Morgan fingerprint density at radius 2 is 1.56 bits per heavy atom. The number of carbonyl (C=O) groups is 1.